The van der Waals surface area contributed by atoms with E-state index in [0.717, 1.165) is 5.56 Å². The van der Waals surface area contributed by atoms with Crippen molar-refractivity contribution in [2.24, 2.45) is 0 Å². The highest BCUT2D eigenvalue weighted by Gasteiger charge is 2.21. The first-order chi connectivity index (χ1) is 5.70. The fraction of sp³-hybridized carbons (Fsp3) is 0.125. The third-order valence-electron chi connectivity index (χ3n) is 1.82. The summed E-state index contributed by atoms with van der Waals surface area (Å²) in [5.41, 5.74) is 0.858. The molecule has 4 heteroatoms. The molecule has 1 heterocycles. The van der Waals surface area contributed by atoms with Crippen molar-refractivity contribution in [2.45, 2.75) is 11.3 Å². The molecule has 12 heavy (non-hydrogen) atoms. The summed E-state index contributed by atoms with van der Waals surface area (Å²) in [6.07, 6.45) is 0.662. The average Bonchev–Trinajstić information content (AvgIpc) is 2.04. The van der Waals surface area contributed by atoms with E-state index in [0.29, 0.717) is 11.3 Å². The number of nitrogens with one attached hydrogen (secondary N) is 1. The van der Waals surface area contributed by atoms with Crippen LogP contribution in [0.2, 0.25) is 0 Å². The van der Waals surface area contributed by atoms with Crippen molar-refractivity contribution in [1.29, 1.82) is 0 Å². The topological polar surface area (TPSA) is 46.2 Å². The highest BCUT2D eigenvalue weighted by molar-refractivity contribution is 7.89. The van der Waals surface area contributed by atoms with Gasteiger partial charge >= 0.3 is 0 Å². The third-order valence-corrected chi connectivity index (χ3v) is 3.28. The molecule has 1 aromatic carbocycles. The number of hydrogen-bond donors (Lipinski definition) is 1. The van der Waals surface area contributed by atoms with Gasteiger partial charge < -0.3 is 0 Å². The maximum Gasteiger partial charge on any atom is 0.241 e. The molecule has 0 saturated carbocycles. The van der Waals surface area contributed by atoms with E-state index in [1.807, 2.05) is 12.1 Å². The first-order valence-electron chi connectivity index (χ1n) is 3.62. The summed E-state index contributed by atoms with van der Waals surface area (Å²) in [4.78, 5) is 0.396. The Balaban J connectivity index is 2.67. The Bertz CT molecular complexity index is 397. The van der Waals surface area contributed by atoms with E-state index >= 15 is 0 Å². The number of benzene rings is 1. The molecule has 1 aromatic rings. The summed E-state index contributed by atoms with van der Waals surface area (Å²) in [7, 11) is -3.25. The molecule has 0 amide bonds. The van der Waals surface area contributed by atoms with E-state index in [4.69, 9.17) is 0 Å². The molecule has 2 rings (SSSR count). The maximum absolute atomic E-state index is 11.3. The minimum Gasteiger partial charge on any atom is -0.207 e. The van der Waals surface area contributed by atoms with Crippen molar-refractivity contribution < 1.29 is 8.42 Å². The summed E-state index contributed by atoms with van der Waals surface area (Å²) in [6.45, 7) is 1.55. The van der Waals surface area contributed by atoms with Gasteiger partial charge in [-0.2, -0.15) is 0 Å². The summed E-state index contributed by atoms with van der Waals surface area (Å²) in [5.74, 6) is 0. The smallest absolute Gasteiger partial charge is 0.207 e. The first kappa shape index (κ1) is 7.76. The Morgan fingerprint density at radius 2 is 2.00 bits per heavy atom. The van der Waals surface area contributed by atoms with Crippen LogP contribution in [-0.4, -0.2) is 8.42 Å². The molecule has 1 radical (unpaired) electrons. The highest BCUT2D eigenvalue weighted by atomic mass is 32.2. The molecule has 1 aliphatic rings. The van der Waals surface area contributed by atoms with Gasteiger partial charge in [0, 0.05) is 6.54 Å². The van der Waals surface area contributed by atoms with Gasteiger partial charge in [0.1, 0.15) is 0 Å². The van der Waals surface area contributed by atoms with Crippen LogP contribution in [0.5, 0.6) is 0 Å². The van der Waals surface area contributed by atoms with Crippen LogP contribution in [0.3, 0.4) is 0 Å². The Kier molecular flexibility index (Phi) is 1.66. The van der Waals surface area contributed by atoms with E-state index in [-0.39, 0.29) is 0 Å². The molecular weight excluding hydrogens is 174 g/mol. The largest absolute Gasteiger partial charge is 0.241 e. The van der Waals surface area contributed by atoms with Gasteiger partial charge in [-0.25, -0.2) is 13.1 Å². The zero-order valence-corrected chi connectivity index (χ0v) is 7.14. The van der Waals surface area contributed by atoms with Crippen LogP contribution in [0.4, 0.5) is 0 Å². The lowest BCUT2D eigenvalue weighted by molar-refractivity contribution is 0.582. The second kappa shape index (κ2) is 2.57. The Labute approximate surface area is 71.5 Å². The second-order valence-electron chi connectivity index (χ2n) is 2.64. The Morgan fingerprint density at radius 3 is 2.75 bits per heavy atom. The molecule has 1 N–H and O–H groups in total. The van der Waals surface area contributed by atoms with Crippen molar-refractivity contribution in [2.75, 3.05) is 0 Å². The van der Waals surface area contributed by atoms with Gasteiger partial charge in [0.2, 0.25) is 10.0 Å². The van der Waals surface area contributed by atoms with E-state index < -0.39 is 10.0 Å². The standard InChI is InChI=1S/C8H8NO2S/c10-12(11)8-4-2-1-3-7(8)5-6-9-12/h1-4,6,9H,5H2. The first-order valence-corrected chi connectivity index (χ1v) is 5.10. The lowest BCUT2D eigenvalue weighted by Gasteiger charge is -2.15. The van der Waals surface area contributed by atoms with Gasteiger partial charge in [-0.05, 0) is 18.1 Å². The summed E-state index contributed by atoms with van der Waals surface area (Å²) in [6, 6.07) is 7.01. The van der Waals surface area contributed by atoms with Crippen LogP contribution in [0, 0.1) is 6.54 Å². The zero-order chi connectivity index (χ0) is 8.60. The lowest BCUT2D eigenvalue weighted by Crippen LogP contribution is -2.27. The number of fused-ring (bicyclic) bond motifs is 1. The number of sulfonamides is 1. The SMILES string of the molecule is O=S1(=O)N[CH]Cc2ccccc21. The van der Waals surface area contributed by atoms with Crippen molar-refractivity contribution in [1.82, 2.24) is 4.72 Å². The molecule has 0 spiro atoms. The summed E-state index contributed by atoms with van der Waals surface area (Å²) in [5, 5.41) is 0. The molecule has 0 atom stereocenters. The van der Waals surface area contributed by atoms with Crippen LogP contribution < -0.4 is 4.72 Å². The zero-order valence-electron chi connectivity index (χ0n) is 6.32. The molecule has 0 aromatic heterocycles. The molecular formula is C8H8NO2S. The van der Waals surface area contributed by atoms with Gasteiger partial charge in [-0.3, -0.25) is 0 Å². The highest BCUT2D eigenvalue weighted by Crippen LogP contribution is 2.20. The van der Waals surface area contributed by atoms with Gasteiger partial charge in [-0.1, -0.05) is 18.2 Å². The quantitative estimate of drug-likeness (QED) is 0.641. The predicted octanol–water partition coefficient (Wildman–Crippen LogP) is 0.683. The minimum atomic E-state index is -3.25. The second-order valence-corrected chi connectivity index (χ2v) is 4.32. The van der Waals surface area contributed by atoms with Gasteiger partial charge in [-0.15, -0.1) is 0 Å². The lowest BCUT2D eigenvalue weighted by atomic mass is 10.1. The summed E-state index contributed by atoms with van der Waals surface area (Å²) < 4.78 is 25.0. The molecule has 0 fully saturated rings. The fourth-order valence-corrected chi connectivity index (χ4v) is 2.44. The molecule has 0 unspecified atom stereocenters. The van der Waals surface area contributed by atoms with Crippen molar-refractivity contribution in [3.8, 4) is 0 Å². The molecule has 0 bridgehead atoms. The van der Waals surface area contributed by atoms with Crippen LogP contribution in [0.1, 0.15) is 5.56 Å². The van der Waals surface area contributed by atoms with Crippen molar-refractivity contribution in [3.63, 3.8) is 0 Å². The third kappa shape index (κ3) is 1.13. The Hall–Kier alpha value is -0.870. The van der Waals surface area contributed by atoms with E-state index in [9.17, 15) is 8.42 Å². The van der Waals surface area contributed by atoms with E-state index in [1.165, 1.54) is 0 Å². The van der Waals surface area contributed by atoms with Crippen LogP contribution in [0.15, 0.2) is 29.2 Å². The Morgan fingerprint density at radius 1 is 1.25 bits per heavy atom. The maximum atomic E-state index is 11.3. The normalized spacial score (nSPS) is 20.0. The average molecular weight is 182 g/mol. The van der Waals surface area contributed by atoms with E-state index in [2.05, 4.69) is 4.72 Å². The van der Waals surface area contributed by atoms with Crippen molar-refractivity contribution in [3.05, 3.63) is 36.4 Å². The van der Waals surface area contributed by atoms with Crippen LogP contribution >= 0.6 is 0 Å². The molecule has 63 valence electrons. The van der Waals surface area contributed by atoms with Gasteiger partial charge in [0.25, 0.3) is 0 Å². The van der Waals surface area contributed by atoms with Crippen LogP contribution in [-0.2, 0) is 16.4 Å². The fourth-order valence-electron chi connectivity index (χ4n) is 1.26. The number of hydrogen-bond acceptors (Lipinski definition) is 2. The molecule has 0 aliphatic carbocycles. The predicted molar refractivity (Wildman–Crippen MR) is 44.8 cm³/mol. The molecule has 0 saturated heterocycles. The minimum absolute atomic E-state index is 0.396. The van der Waals surface area contributed by atoms with E-state index in [1.54, 1.807) is 18.7 Å². The summed E-state index contributed by atoms with van der Waals surface area (Å²) >= 11 is 0. The van der Waals surface area contributed by atoms with Gasteiger partial charge in [0.15, 0.2) is 0 Å². The molecule has 1 aliphatic heterocycles. The van der Waals surface area contributed by atoms with Crippen molar-refractivity contribution >= 4 is 10.0 Å². The van der Waals surface area contributed by atoms with Gasteiger partial charge in [0.05, 0.1) is 4.90 Å². The molecule has 3 nitrogen and oxygen atoms in total. The van der Waals surface area contributed by atoms with Crippen LogP contribution in [0.25, 0.3) is 0 Å². The monoisotopic (exact) mass is 182 g/mol. The number of rotatable bonds is 0.